The second kappa shape index (κ2) is 10.1. The Morgan fingerprint density at radius 2 is 2.21 bits per heavy atom. The van der Waals surface area contributed by atoms with Crippen molar-refractivity contribution in [3.05, 3.63) is 54.2 Å². The highest BCUT2D eigenvalue weighted by molar-refractivity contribution is 6.65. The van der Waals surface area contributed by atoms with Crippen LogP contribution >= 0.6 is 11.6 Å². The summed E-state index contributed by atoms with van der Waals surface area (Å²) in [7, 11) is 0. The largest absolute Gasteiger partial charge is 0.461 e. The zero-order valence-corrected chi connectivity index (χ0v) is 19.4. The number of carbonyl (C=O) groups is 1. The summed E-state index contributed by atoms with van der Waals surface area (Å²) in [4.78, 5) is 20.6. The lowest BCUT2D eigenvalue weighted by Crippen LogP contribution is -2.24. The zero-order valence-electron chi connectivity index (χ0n) is 18.6. The average Bonchev–Trinajstić information content (AvgIpc) is 3.42. The lowest BCUT2D eigenvalue weighted by Gasteiger charge is -2.09. The number of fused-ring (bicyclic) bond motifs is 1. The Morgan fingerprint density at radius 1 is 1.39 bits per heavy atom. The van der Waals surface area contributed by atoms with Gasteiger partial charge in [-0.1, -0.05) is 24.2 Å². The van der Waals surface area contributed by atoms with Crippen molar-refractivity contribution in [2.45, 2.75) is 51.6 Å². The molecule has 0 saturated heterocycles. The third-order valence-electron chi connectivity index (χ3n) is 5.42. The van der Waals surface area contributed by atoms with Crippen LogP contribution in [0.25, 0.3) is 16.7 Å². The highest BCUT2D eigenvalue weighted by Gasteiger charge is 2.27. The number of alkyl carbamates (subject to hydrolysis) is 1. The first-order valence-corrected chi connectivity index (χ1v) is 11.4. The van der Waals surface area contributed by atoms with Gasteiger partial charge in [0.25, 0.3) is 0 Å². The monoisotopic (exact) mass is 469 g/mol. The summed E-state index contributed by atoms with van der Waals surface area (Å²) >= 11 is 5.92. The molecule has 1 amide bonds. The molecule has 2 aromatic heterocycles. The van der Waals surface area contributed by atoms with E-state index in [0.29, 0.717) is 54.4 Å². The molecule has 1 aliphatic carbocycles. The van der Waals surface area contributed by atoms with E-state index >= 15 is 0 Å². The maximum Gasteiger partial charge on any atom is 0.407 e. The molecule has 4 rings (SSSR count). The van der Waals surface area contributed by atoms with E-state index in [1.54, 1.807) is 13.3 Å². The molecule has 174 valence electrons. The van der Waals surface area contributed by atoms with Gasteiger partial charge in [0.05, 0.1) is 18.6 Å². The third kappa shape index (κ3) is 5.96. The number of halogens is 1. The van der Waals surface area contributed by atoms with Gasteiger partial charge in [-0.25, -0.2) is 14.8 Å². The number of ether oxygens (including phenoxy) is 1. The number of aromatic nitrogens is 2. The molecular formula is C24H28ClN5O3. The number of nitrogens with two attached hydrogens (primary N) is 1. The number of hydrogen-bond acceptors (Lipinski definition) is 6. The second-order valence-corrected chi connectivity index (χ2v) is 8.78. The number of hydrogen-bond donors (Lipinski definition) is 2. The highest BCUT2D eigenvalue weighted by atomic mass is 35.5. The van der Waals surface area contributed by atoms with Gasteiger partial charge in [0.1, 0.15) is 22.2 Å². The number of nitrogens with one attached hydrogen (secondary N) is 1. The smallest absolute Gasteiger partial charge is 0.407 e. The average molecular weight is 470 g/mol. The molecule has 3 aromatic rings. The molecule has 0 atom stereocenters. The Kier molecular flexibility index (Phi) is 7.03. The topological polar surface area (TPSA) is 108 Å². The number of imidazole rings is 1. The van der Waals surface area contributed by atoms with Crippen molar-refractivity contribution in [1.29, 1.82) is 0 Å². The summed E-state index contributed by atoms with van der Waals surface area (Å²) < 4.78 is 13.0. The number of carbonyl (C=O) groups excluding carboxylic acids is 1. The molecule has 0 aliphatic heterocycles. The predicted octanol–water partition coefficient (Wildman–Crippen LogP) is 5.43. The molecule has 1 fully saturated rings. The Morgan fingerprint density at radius 3 is 2.94 bits per heavy atom. The number of unbranched alkanes of at least 4 members (excludes halogenated alkanes) is 1. The Hall–Kier alpha value is -3.26. The fraction of sp³-hybridized carbons (Fsp3) is 0.375. The fourth-order valence-electron chi connectivity index (χ4n) is 3.60. The number of aliphatic imine (C=N–C) groups is 1. The second-order valence-electron chi connectivity index (χ2n) is 8.24. The number of furan rings is 1. The lowest BCUT2D eigenvalue weighted by molar-refractivity contribution is 0.143. The molecule has 1 aliphatic rings. The van der Waals surface area contributed by atoms with Crippen LogP contribution in [0.1, 0.15) is 55.5 Å². The van der Waals surface area contributed by atoms with Crippen LogP contribution < -0.4 is 11.1 Å². The van der Waals surface area contributed by atoms with Gasteiger partial charge in [-0.05, 0) is 56.4 Å². The van der Waals surface area contributed by atoms with E-state index in [4.69, 9.17) is 26.5 Å². The quantitative estimate of drug-likeness (QED) is 0.304. The SMILES string of the molecule is C=C(N)c1ncn(CCCCOC(=O)NCc2ccc3oc(C4CC4)cc3c2)c1N=C(C)Cl. The van der Waals surface area contributed by atoms with Crippen LogP contribution in [0.5, 0.6) is 0 Å². The van der Waals surface area contributed by atoms with Gasteiger partial charge in [-0.3, -0.25) is 0 Å². The van der Waals surface area contributed by atoms with Gasteiger partial charge in [0.2, 0.25) is 0 Å². The van der Waals surface area contributed by atoms with Crippen LogP contribution in [-0.2, 0) is 17.8 Å². The van der Waals surface area contributed by atoms with Crippen molar-refractivity contribution in [3.63, 3.8) is 0 Å². The van der Waals surface area contributed by atoms with Crippen molar-refractivity contribution in [1.82, 2.24) is 14.9 Å². The Balaban J connectivity index is 1.19. The van der Waals surface area contributed by atoms with E-state index in [-0.39, 0.29) is 0 Å². The number of aryl methyl sites for hydroxylation is 1. The highest BCUT2D eigenvalue weighted by Crippen LogP contribution is 2.42. The molecule has 33 heavy (non-hydrogen) atoms. The summed E-state index contributed by atoms with van der Waals surface area (Å²) in [6.45, 7) is 6.77. The Bertz CT molecular complexity index is 1190. The molecule has 1 aromatic carbocycles. The molecule has 0 unspecified atom stereocenters. The molecule has 0 spiro atoms. The number of rotatable bonds is 10. The van der Waals surface area contributed by atoms with E-state index in [1.165, 1.54) is 12.8 Å². The van der Waals surface area contributed by atoms with Gasteiger partial charge in [-0.2, -0.15) is 0 Å². The standard InChI is InChI=1S/C24H28ClN5O3/c1-15(26)22-23(29-16(2)25)30(14-28-22)9-3-4-10-32-24(31)27-13-17-5-8-20-19(11-17)12-21(33-20)18-6-7-18/h5,8,11-12,14,18H,1,3-4,6-7,9-10,13,26H2,2H3,(H,27,31). The zero-order chi connectivity index (χ0) is 23.4. The molecular weight excluding hydrogens is 442 g/mol. The van der Waals surface area contributed by atoms with Gasteiger partial charge < -0.3 is 24.8 Å². The van der Waals surface area contributed by atoms with Gasteiger partial charge >= 0.3 is 6.09 Å². The van der Waals surface area contributed by atoms with E-state index in [9.17, 15) is 4.79 Å². The fourth-order valence-corrected chi connectivity index (χ4v) is 3.68. The summed E-state index contributed by atoms with van der Waals surface area (Å²) in [5, 5.41) is 4.25. The number of nitrogens with zero attached hydrogens (tertiary/aromatic N) is 3. The minimum atomic E-state index is -0.437. The summed E-state index contributed by atoms with van der Waals surface area (Å²) in [5.74, 6) is 2.22. The predicted molar refractivity (Wildman–Crippen MR) is 130 cm³/mol. The summed E-state index contributed by atoms with van der Waals surface area (Å²) in [6.07, 6.45) is 5.09. The number of amides is 1. The molecule has 1 saturated carbocycles. The first kappa shape index (κ1) is 22.9. The van der Waals surface area contributed by atoms with E-state index in [1.807, 2.05) is 22.8 Å². The van der Waals surface area contributed by atoms with Crippen LogP contribution in [0.15, 0.2) is 46.6 Å². The van der Waals surface area contributed by atoms with Gasteiger partial charge in [0, 0.05) is 24.4 Å². The summed E-state index contributed by atoms with van der Waals surface area (Å²) in [6, 6.07) is 8.06. The van der Waals surface area contributed by atoms with Crippen molar-refractivity contribution in [2.24, 2.45) is 10.7 Å². The normalized spacial score (nSPS) is 13.9. The van der Waals surface area contributed by atoms with E-state index < -0.39 is 6.09 Å². The molecule has 0 radical (unpaired) electrons. The first-order valence-electron chi connectivity index (χ1n) is 11.0. The van der Waals surface area contributed by atoms with Crippen LogP contribution in [0, 0.1) is 0 Å². The van der Waals surface area contributed by atoms with Crippen LogP contribution in [0.4, 0.5) is 10.6 Å². The van der Waals surface area contributed by atoms with Crippen LogP contribution in [0.2, 0.25) is 0 Å². The summed E-state index contributed by atoms with van der Waals surface area (Å²) in [5.41, 5.74) is 8.52. The van der Waals surface area contributed by atoms with Crippen molar-refractivity contribution in [3.8, 4) is 0 Å². The van der Waals surface area contributed by atoms with Gasteiger partial charge in [-0.15, -0.1) is 0 Å². The molecule has 0 bridgehead atoms. The van der Waals surface area contributed by atoms with E-state index in [2.05, 4.69) is 27.9 Å². The third-order valence-corrected chi connectivity index (χ3v) is 5.50. The van der Waals surface area contributed by atoms with Crippen molar-refractivity contribution >= 4 is 45.3 Å². The molecule has 9 heteroatoms. The lowest BCUT2D eigenvalue weighted by atomic mass is 10.1. The van der Waals surface area contributed by atoms with E-state index in [0.717, 1.165) is 28.7 Å². The maximum absolute atomic E-state index is 12.0. The molecule has 2 heterocycles. The van der Waals surface area contributed by atoms with Gasteiger partial charge in [0.15, 0.2) is 5.82 Å². The Labute approximate surface area is 197 Å². The number of benzene rings is 1. The molecule has 3 N–H and O–H groups in total. The van der Waals surface area contributed by atoms with Crippen LogP contribution in [0.3, 0.4) is 0 Å². The first-order chi connectivity index (χ1) is 15.9. The van der Waals surface area contributed by atoms with Crippen LogP contribution in [-0.4, -0.2) is 27.4 Å². The minimum Gasteiger partial charge on any atom is -0.461 e. The van der Waals surface area contributed by atoms with Crippen molar-refractivity contribution in [2.75, 3.05) is 6.61 Å². The molecule has 8 nitrogen and oxygen atoms in total. The maximum atomic E-state index is 12.0. The minimum absolute atomic E-state index is 0.315. The van der Waals surface area contributed by atoms with Crippen molar-refractivity contribution < 1.29 is 13.9 Å².